The zero-order valence-corrected chi connectivity index (χ0v) is 34.9. The van der Waals surface area contributed by atoms with Gasteiger partial charge in [-0.25, -0.2) is 4.79 Å². The van der Waals surface area contributed by atoms with Crippen LogP contribution >= 0.6 is 50.7 Å². The number of aromatic nitrogens is 2. The average molecular weight is 859 g/mol. The van der Waals surface area contributed by atoms with Gasteiger partial charge in [0.05, 0.1) is 23.1 Å². The fraction of sp³-hybridized carbons (Fsp3) is 0.375. The summed E-state index contributed by atoms with van der Waals surface area (Å²) in [5.74, 6) is -0.243. The van der Waals surface area contributed by atoms with Gasteiger partial charge in [0.1, 0.15) is 5.60 Å². The molecular formula is C40H44BrCl3N6O4. The minimum atomic E-state index is -0.490. The molecular weight excluding hydrogens is 815 g/mol. The van der Waals surface area contributed by atoms with E-state index in [9.17, 15) is 14.4 Å². The Labute approximate surface area is 339 Å². The van der Waals surface area contributed by atoms with Crippen LogP contribution < -0.4 is 5.32 Å². The molecule has 0 saturated carbocycles. The van der Waals surface area contributed by atoms with Crippen LogP contribution in [0.4, 0.5) is 4.79 Å². The number of carbonyl (C=O) groups is 3. The van der Waals surface area contributed by atoms with E-state index >= 15 is 0 Å². The maximum atomic E-state index is 12.6. The molecule has 2 fully saturated rings. The van der Waals surface area contributed by atoms with Gasteiger partial charge in [-0.05, 0) is 106 Å². The first kappa shape index (κ1) is 41.4. The van der Waals surface area contributed by atoms with Gasteiger partial charge in [-0.15, -0.1) is 0 Å². The van der Waals surface area contributed by atoms with E-state index in [1.54, 1.807) is 34.0 Å². The second-order valence-corrected chi connectivity index (χ2v) is 16.5. The number of carbonyl (C=O) groups excluding carboxylic acids is 3. The molecule has 2 aliphatic rings. The fourth-order valence-electron chi connectivity index (χ4n) is 6.59. The maximum Gasteiger partial charge on any atom is 0.410 e. The Hall–Kier alpha value is -3.74. The lowest BCUT2D eigenvalue weighted by atomic mass is 9.96. The highest BCUT2D eigenvalue weighted by molar-refractivity contribution is 9.10. The van der Waals surface area contributed by atoms with Gasteiger partial charge in [0.15, 0.2) is 0 Å². The molecule has 10 nitrogen and oxygen atoms in total. The van der Waals surface area contributed by atoms with E-state index < -0.39 is 5.60 Å². The minimum Gasteiger partial charge on any atom is -0.444 e. The molecule has 0 aliphatic carbocycles. The first-order chi connectivity index (χ1) is 25.5. The summed E-state index contributed by atoms with van der Waals surface area (Å²) in [6.45, 7) is 13.2. The molecule has 6 rings (SSSR count). The monoisotopic (exact) mass is 856 g/mol. The van der Waals surface area contributed by atoms with E-state index in [0.29, 0.717) is 36.2 Å². The summed E-state index contributed by atoms with van der Waals surface area (Å²) in [7, 11) is 0. The smallest absolute Gasteiger partial charge is 0.410 e. The molecule has 2 aromatic heterocycles. The Morgan fingerprint density at radius 3 is 2.28 bits per heavy atom. The molecule has 0 spiro atoms. The lowest BCUT2D eigenvalue weighted by molar-refractivity contribution is -0.142. The van der Waals surface area contributed by atoms with Crippen molar-refractivity contribution < 1.29 is 19.1 Å². The predicted molar refractivity (Wildman–Crippen MR) is 219 cm³/mol. The SMILES string of the molecule is CC(=O)N1C[C@@H](C)N(C(=O)/C=C\Cl)C[C@@H]1c1cc(Cl)cc(-c2cnc3cccnc3c2)c1.C[C@H]1CN[C@H](c2cc(Cl)cc(Br)c2)CN1C(=O)OC(C)(C)C. The van der Waals surface area contributed by atoms with Crippen molar-refractivity contribution in [1.82, 2.24) is 30.0 Å². The first-order valence-corrected chi connectivity index (χ1v) is 19.6. The molecule has 54 heavy (non-hydrogen) atoms. The number of benzene rings is 2. The van der Waals surface area contributed by atoms with Gasteiger partial charge in [0.25, 0.3) is 0 Å². The Morgan fingerprint density at radius 1 is 0.870 bits per heavy atom. The van der Waals surface area contributed by atoms with E-state index in [1.165, 1.54) is 11.6 Å². The number of hydrogen-bond acceptors (Lipinski definition) is 7. The highest BCUT2D eigenvalue weighted by Gasteiger charge is 2.36. The second kappa shape index (κ2) is 17.8. The summed E-state index contributed by atoms with van der Waals surface area (Å²) >= 11 is 21.7. The Bertz CT molecular complexity index is 2020. The third-order valence-corrected chi connectivity index (χ3v) is 10.2. The quantitative estimate of drug-likeness (QED) is 0.204. The van der Waals surface area contributed by atoms with Crippen LogP contribution in [-0.2, 0) is 14.3 Å². The van der Waals surface area contributed by atoms with E-state index in [2.05, 4.69) is 31.2 Å². The highest BCUT2D eigenvalue weighted by atomic mass is 79.9. The number of piperazine rings is 2. The number of amides is 3. The van der Waals surface area contributed by atoms with Crippen LogP contribution in [-0.4, -0.2) is 86.4 Å². The number of fused-ring (bicyclic) bond motifs is 1. The van der Waals surface area contributed by atoms with Crippen LogP contribution in [0.1, 0.15) is 64.8 Å². The van der Waals surface area contributed by atoms with Crippen LogP contribution in [0.5, 0.6) is 0 Å². The molecule has 0 bridgehead atoms. The highest BCUT2D eigenvalue weighted by Crippen LogP contribution is 2.34. The standard InChI is InChI=1S/C24H22Cl2N4O2.C16H22BrClN2O2/c1-15-13-30(16(2)31)23(14-29(15)24(32)5-6-25)18-8-17(9-20(26)10-18)19-11-22-21(28-12-19)4-3-7-27-22;1-10-8-19-14(11-5-12(17)7-13(18)6-11)9-20(10)15(21)22-16(2,3)4/h3-12,15,23H,13-14H2,1-2H3;5-7,10,14,19H,8-9H2,1-4H3/b6-5-;/t15-,23-;10-,14-/m10/s1. The van der Waals surface area contributed by atoms with Gasteiger partial charge in [0.2, 0.25) is 11.8 Å². The van der Waals surface area contributed by atoms with Crippen molar-refractivity contribution in [1.29, 1.82) is 0 Å². The number of pyridine rings is 2. The average Bonchev–Trinajstić information content (AvgIpc) is 3.10. The summed E-state index contributed by atoms with van der Waals surface area (Å²) in [5, 5.41) is 4.67. The molecule has 2 aliphatic heterocycles. The van der Waals surface area contributed by atoms with Crippen LogP contribution in [0.3, 0.4) is 0 Å². The number of rotatable bonds is 4. The predicted octanol–water partition coefficient (Wildman–Crippen LogP) is 9.20. The van der Waals surface area contributed by atoms with E-state index in [1.807, 2.05) is 89.2 Å². The van der Waals surface area contributed by atoms with Crippen molar-refractivity contribution in [2.24, 2.45) is 0 Å². The summed E-state index contributed by atoms with van der Waals surface area (Å²) in [5.41, 5.74) is 5.96. The molecule has 2 aromatic carbocycles. The van der Waals surface area contributed by atoms with E-state index in [4.69, 9.17) is 39.5 Å². The van der Waals surface area contributed by atoms with Crippen LogP contribution in [0.2, 0.25) is 10.0 Å². The van der Waals surface area contributed by atoms with E-state index in [0.717, 1.165) is 37.8 Å². The Kier molecular flexibility index (Phi) is 13.7. The maximum absolute atomic E-state index is 12.6. The molecule has 4 heterocycles. The number of nitrogens with one attached hydrogen (secondary N) is 1. The van der Waals surface area contributed by atoms with Crippen molar-refractivity contribution in [3.63, 3.8) is 0 Å². The van der Waals surface area contributed by atoms with Crippen LogP contribution in [0.25, 0.3) is 22.2 Å². The Morgan fingerprint density at radius 2 is 1.59 bits per heavy atom. The van der Waals surface area contributed by atoms with Crippen molar-refractivity contribution in [2.45, 2.75) is 71.3 Å². The van der Waals surface area contributed by atoms with Gasteiger partial charge < -0.3 is 24.8 Å². The number of ether oxygens (including phenoxy) is 1. The fourth-order valence-corrected chi connectivity index (χ4v) is 7.82. The van der Waals surface area contributed by atoms with Gasteiger partial charge in [-0.2, -0.15) is 0 Å². The molecule has 14 heteroatoms. The molecule has 3 amide bonds. The second-order valence-electron chi connectivity index (χ2n) is 14.5. The topological polar surface area (TPSA) is 108 Å². The van der Waals surface area contributed by atoms with Gasteiger partial charge in [0, 0.05) is 89.3 Å². The van der Waals surface area contributed by atoms with Crippen molar-refractivity contribution in [3.05, 3.63) is 104 Å². The lowest BCUT2D eigenvalue weighted by Crippen LogP contribution is -2.56. The molecule has 4 aromatic rings. The number of halogens is 4. The third-order valence-electron chi connectivity index (χ3n) is 9.21. The number of nitrogens with zero attached hydrogens (tertiary/aromatic N) is 5. The zero-order valence-electron chi connectivity index (χ0n) is 31.0. The minimum absolute atomic E-state index is 0.0405. The first-order valence-electron chi connectivity index (χ1n) is 17.6. The van der Waals surface area contributed by atoms with Crippen molar-refractivity contribution >= 4 is 79.7 Å². The van der Waals surface area contributed by atoms with Gasteiger partial charge >= 0.3 is 6.09 Å². The molecule has 4 atom stereocenters. The molecule has 286 valence electrons. The van der Waals surface area contributed by atoms with Crippen molar-refractivity contribution in [2.75, 3.05) is 26.2 Å². The molecule has 2 saturated heterocycles. The summed E-state index contributed by atoms with van der Waals surface area (Å²) in [6, 6.07) is 16.9. The normalized spacial score (nSPS) is 20.4. The van der Waals surface area contributed by atoms with Crippen LogP contribution in [0, 0.1) is 0 Å². The Balaban J connectivity index is 0.000000223. The largest absolute Gasteiger partial charge is 0.444 e. The number of hydrogen-bond donors (Lipinski definition) is 1. The van der Waals surface area contributed by atoms with E-state index in [-0.39, 0.29) is 42.1 Å². The zero-order chi connectivity index (χ0) is 39.3. The summed E-state index contributed by atoms with van der Waals surface area (Å²) in [4.78, 5) is 51.6. The third kappa shape index (κ3) is 10.5. The molecule has 1 N–H and O–H groups in total. The van der Waals surface area contributed by atoms with Crippen molar-refractivity contribution in [3.8, 4) is 11.1 Å². The van der Waals surface area contributed by atoms with Gasteiger partial charge in [-0.3, -0.25) is 19.6 Å². The lowest BCUT2D eigenvalue weighted by Gasteiger charge is -2.45. The summed E-state index contributed by atoms with van der Waals surface area (Å²) in [6.07, 6.45) is 4.57. The summed E-state index contributed by atoms with van der Waals surface area (Å²) < 4.78 is 6.43. The molecule has 0 radical (unpaired) electrons. The van der Waals surface area contributed by atoms with Gasteiger partial charge in [-0.1, -0.05) is 50.7 Å². The molecule has 0 unspecified atom stereocenters. The van der Waals surface area contributed by atoms with Crippen LogP contribution in [0.15, 0.2) is 83.1 Å².